The van der Waals surface area contributed by atoms with Crippen LogP contribution in [0, 0.1) is 5.92 Å². The molecule has 1 aromatic rings. The van der Waals surface area contributed by atoms with Crippen molar-refractivity contribution in [3.63, 3.8) is 0 Å². The first-order valence-corrected chi connectivity index (χ1v) is 5.30. The zero-order valence-corrected chi connectivity index (χ0v) is 9.66. The first-order valence-electron chi connectivity index (χ1n) is 5.30. The van der Waals surface area contributed by atoms with Crippen LogP contribution in [0.15, 0.2) is 30.3 Å². The Labute approximate surface area is 91.5 Å². The maximum absolute atomic E-state index is 11.8. The highest BCUT2D eigenvalue weighted by Gasteiger charge is 2.30. The fourth-order valence-corrected chi connectivity index (χ4v) is 1.77. The van der Waals surface area contributed by atoms with Crippen molar-refractivity contribution in [2.45, 2.75) is 32.7 Å². The first-order chi connectivity index (χ1) is 6.93. The molecule has 15 heavy (non-hydrogen) atoms. The molecule has 0 radical (unpaired) electrons. The van der Waals surface area contributed by atoms with Crippen LogP contribution in [0.4, 0.5) is 0 Å². The van der Waals surface area contributed by atoms with Gasteiger partial charge in [-0.3, -0.25) is 4.79 Å². The van der Waals surface area contributed by atoms with Crippen molar-refractivity contribution in [3.05, 3.63) is 35.9 Å². The van der Waals surface area contributed by atoms with Crippen LogP contribution < -0.4 is 5.73 Å². The van der Waals surface area contributed by atoms with Gasteiger partial charge in [-0.2, -0.15) is 0 Å². The fourth-order valence-electron chi connectivity index (χ4n) is 1.77. The average molecular weight is 205 g/mol. The molecule has 0 saturated carbocycles. The summed E-state index contributed by atoms with van der Waals surface area (Å²) in [6.07, 6.45) is 0.602. The van der Waals surface area contributed by atoms with Gasteiger partial charge in [0.1, 0.15) is 0 Å². The molecule has 0 heterocycles. The highest BCUT2D eigenvalue weighted by Crippen LogP contribution is 2.15. The second-order valence-corrected chi connectivity index (χ2v) is 4.60. The topological polar surface area (TPSA) is 43.1 Å². The maximum atomic E-state index is 11.8. The Morgan fingerprint density at radius 1 is 1.33 bits per heavy atom. The molecular formula is C13H19NO. The summed E-state index contributed by atoms with van der Waals surface area (Å²) in [7, 11) is 0. The molecular weight excluding hydrogens is 186 g/mol. The molecule has 2 N–H and O–H groups in total. The third-order valence-corrected chi connectivity index (χ3v) is 2.50. The molecule has 0 bridgehead atoms. The minimum absolute atomic E-state index is 0.0105. The average Bonchev–Trinajstić information content (AvgIpc) is 2.17. The van der Waals surface area contributed by atoms with Gasteiger partial charge in [0, 0.05) is 5.92 Å². The monoisotopic (exact) mass is 205 g/mol. The van der Waals surface area contributed by atoms with Gasteiger partial charge in [0.15, 0.2) is 5.78 Å². The van der Waals surface area contributed by atoms with Crippen molar-refractivity contribution < 1.29 is 4.79 Å². The van der Waals surface area contributed by atoms with Crippen LogP contribution in [0.5, 0.6) is 0 Å². The van der Waals surface area contributed by atoms with Gasteiger partial charge in [-0.25, -0.2) is 0 Å². The van der Waals surface area contributed by atoms with Gasteiger partial charge in [-0.1, -0.05) is 44.2 Å². The molecule has 2 heteroatoms. The summed E-state index contributed by atoms with van der Waals surface area (Å²) >= 11 is 0. The third kappa shape index (κ3) is 3.17. The van der Waals surface area contributed by atoms with Crippen LogP contribution >= 0.6 is 0 Å². The standard InChI is InChI=1S/C13H19NO/c1-10(2)12(15)13(3,14)9-11-7-5-4-6-8-11/h4-8,10H,9,14H2,1-3H3. The number of hydrogen-bond donors (Lipinski definition) is 1. The molecule has 1 rings (SSSR count). The van der Waals surface area contributed by atoms with Crippen molar-refractivity contribution in [1.29, 1.82) is 0 Å². The van der Waals surface area contributed by atoms with Crippen LogP contribution in [0.25, 0.3) is 0 Å². The van der Waals surface area contributed by atoms with Gasteiger partial charge in [0.2, 0.25) is 0 Å². The lowest BCUT2D eigenvalue weighted by atomic mass is 9.84. The Bertz CT molecular complexity index is 328. The van der Waals surface area contributed by atoms with Crippen molar-refractivity contribution >= 4 is 5.78 Å². The zero-order valence-electron chi connectivity index (χ0n) is 9.66. The van der Waals surface area contributed by atoms with Crippen molar-refractivity contribution in [1.82, 2.24) is 0 Å². The lowest BCUT2D eigenvalue weighted by molar-refractivity contribution is -0.126. The predicted molar refractivity (Wildman–Crippen MR) is 62.6 cm³/mol. The van der Waals surface area contributed by atoms with E-state index in [1.165, 1.54) is 0 Å². The molecule has 2 nitrogen and oxygen atoms in total. The van der Waals surface area contributed by atoms with E-state index in [2.05, 4.69) is 0 Å². The number of nitrogens with two attached hydrogens (primary N) is 1. The second kappa shape index (κ2) is 4.58. The summed E-state index contributed by atoms with van der Waals surface area (Å²) in [4.78, 5) is 11.8. The number of carbonyl (C=O) groups is 1. The summed E-state index contributed by atoms with van der Waals surface area (Å²) in [5.74, 6) is 0.107. The largest absolute Gasteiger partial charge is 0.319 e. The Morgan fingerprint density at radius 2 is 1.87 bits per heavy atom. The fraction of sp³-hybridized carbons (Fsp3) is 0.462. The number of ketones is 1. The van der Waals surface area contributed by atoms with Crippen LogP contribution in [0.3, 0.4) is 0 Å². The van der Waals surface area contributed by atoms with Crippen LogP contribution in [0.2, 0.25) is 0 Å². The van der Waals surface area contributed by atoms with E-state index in [4.69, 9.17) is 5.73 Å². The van der Waals surface area contributed by atoms with Gasteiger partial charge in [0.25, 0.3) is 0 Å². The van der Waals surface area contributed by atoms with Gasteiger partial charge < -0.3 is 5.73 Å². The van der Waals surface area contributed by atoms with E-state index in [0.29, 0.717) is 6.42 Å². The molecule has 0 spiro atoms. The molecule has 82 valence electrons. The first kappa shape index (κ1) is 11.9. The minimum Gasteiger partial charge on any atom is -0.319 e. The minimum atomic E-state index is -0.754. The van der Waals surface area contributed by atoms with E-state index in [9.17, 15) is 4.79 Å². The van der Waals surface area contributed by atoms with Crippen LogP contribution in [0.1, 0.15) is 26.3 Å². The third-order valence-electron chi connectivity index (χ3n) is 2.50. The van der Waals surface area contributed by atoms with Crippen molar-refractivity contribution in [2.24, 2.45) is 11.7 Å². The number of carbonyl (C=O) groups excluding carboxylic acids is 1. The summed E-state index contributed by atoms with van der Waals surface area (Å²) in [6, 6.07) is 9.88. The van der Waals surface area contributed by atoms with E-state index in [1.807, 2.05) is 51.1 Å². The van der Waals surface area contributed by atoms with Gasteiger partial charge in [0.05, 0.1) is 5.54 Å². The van der Waals surface area contributed by atoms with Crippen LogP contribution in [-0.2, 0) is 11.2 Å². The quantitative estimate of drug-likeness (QED) is 0.818. The predicted octanol–water partition coefficient (Wildman–Crippen LogP) is 2.17. The summed E-state index contributed by atoms with van der Waals surface area (Å²) in [5.41, 5.74) is 6.40. The lowest BCUT2D eigenvalue weighted by Gasteiger charge is -2.25. The molecule has 1 unspecified atom stereocenters. The normalized spacial score (nSPS) is 15.0. The SMILES string of the molecule is CC(C)C(=O)C(C)(N)Cc1ccccc1. The number of benzene rings is 1. The Kier molecular flexibility index (Phi) is 3.64. The van der Waals surface area contributed by atoms with E-state index in [1.54, 1.807) is 0 Å². The number of hydrogen-bond acceptors (Lipinski definition) is 2. The number of rotatable bonds is 4. The van der Waals surface area contributed by atoms with Crippen LogP contribution in [-0.4, -0.2) is 11.3 Å². The maximum Gasteiger partial charge on any atom is 0.155 e. The van der Waals surface area contributed by atoms with E-state index in [0.717, 1.165) is 5.56 Å². The smallest absolute Gasteiger partial charge is 0.155 e. The van der Waals surface area contributed by atoms with E-state index in [-0.39, 0.29) is 11.7 Å². The molecule has 0 aliphatic carbocycles. The molecule has 0 saturated heterocycles. The summed E-state index contributed by atoms with van der Waals surface area (Å²) in [6.45, 7) is 5.58. The second-order valence-electron chi connectivity index (χ2n) is 4.60. The molecule has 0 amide bonds. The Balaban J connectivity index is 2.77. The Hall–Kier alpha value is -1.15. The summed E-state index contributed by atoms with van der Waals surface area (Å²) in [5, 5.41) is 0. The molecule has 0 aliphatic heterocycles. The van der Waals surface area contributed by atoms with Gasteiger partial charge in [-0.05, 0) is 18.9 Å². The molecule has 0 aliphatic rings. The highest BCUT2D eigenvalue weighted by atomic mass is 16.1. The molecule has 1 aromatic carbocycles. The van der Waals surface area contributed by atoms with E-state index < -0.39 is 5.54 Å². The van der Waals surface area contributed by atoms with Crippen molar-refractivity contribution in [3.8, 4) is 0 Å². The number of Topliss-reactive ketones (excluding diaryl/α,β-unsaturated/α-hetero) is 1. The zero-order chi connectivity index (χ0) is 11.5. The van der Waals surface area contributed by atoms with Gasteiger partial charge >= 0.3 is 0 Å². The molecule has 1 atom stereocenters. The lowest BCUT2D eigenvalue weighted by Crippen LogP contribution is -2.49. The van der Waals surface area contributed by atoms with Crippen molar-refractivity contribution in [2.75, 3.05) is 0 Å². The summed E-state index contributed by atoms with van der Waals surface area (Å²) < 4.78 is 0. The Morgan fingerprint density at radius 3 is 2.33 bits per heavy atom. The molecule has 0 fully saturated rings. The highest BCUT2D eigenvalue weighted by molar-refractivity contribution is 5.89. The van der Waals surface area contributed by atoms with Gasteiger partial charge in [-0.15, -0.1) is 0 Å². The van der Waals surface area contributed by atoms with E-state index >= 15 is 0 Å². The molecule has 0 aromatic heterocycles.